The van der Waals surface area contributed by atoms with E-state index in [-0.39, 0.29) is 17.7 Å². The Morgan fingerprint density at radius 3 is 2.92 bits per heavy atom. The highest BCUT2D eigenvalue weighted by Crippen LogP contribution is 2.26. The Bertz CT molecular complexity index is 694. The van der Waals surface area contributed by atoms with Crippen LogP contribution in [0.15, 0.2) is 35.2 Å². The molecule has 3 heterocycles. The van der Waals surface area contributed by atoms with Gasteiger partial charge in [0.05, 0.1) is 12.5 Å². The third-order valence-electron chi connectivity index (χ3n) is 4.10. The van der Waals surface area contributed by atoms with Gasteiger partial charge >= 0.3 is 6.03 Å². The molecule has 1 saturated heterocycles. The van der Waals surface area contributed by atoms with Crippen LogP contribution in [0.5, 0.6) is 0 Å². The van der Waals surface area contributed by atoms with Crippen molar-refractivity contribution in [2.45, 2.75) is 12.3 Å². The molecular formula is C16H21N5O3. The van der Waals surface area contributed by atoms with E-state index in [2.05, 4.69) is 15.7 Å². The monoisotopic (exact) mass is 331 g/mol. The van der Waals surface area contributed by atoms with Crippen LogP contribution < -0.4 is 10.6 Å². The Kier molecular flexibility index (Phi) is 4.83. The molecule has 3 amide bonds. The van der Waals surface area contributed by atoms with Crippen LogP contribution in [0.2, 0.25) is 0 Å². The molecule has 1 aliphatic heterocycles. The predicted octanol–water partition coefficient (Wildman–Crippen LogP) is 0.942. The summed E-state index contributed by atoms with van der Waals surface area (Å²) in [5.41, 5.74) is 1.17. The van der Waals surface area contributed by atoms with Crippen molar-refractivity contribution in [3.8, 4) is 0 Å². The molecule has 128 valence electrons. The summed E-state index contributed by atoms with van der Waals surface area (Å²) in [5.74, 6) is 0.315. The van der Waals surface area contributed by atoms with E-state index < -0.39 is 0 Å². The molecule has 0 aliphatic carbocycles. The van der Waals surface area contributed by atoms with E-state index in [1.807, 2.05) is 19.4 Å². The summed E-state index contributed by atoms with van der Waals surface area (Å²) < 4.78 is 6.77. The maximum atomic E-state index is 12.2. The molecule has 0 saturated carbocycles. The van der Waals surface area contributed by atoms with Crippen molar-refractivity contribution in [3.63, 3.8) is 0 Å². The van der Waals surface area contributed by atoms with E-state index in [9.17, 15) is 9.59 Å². The minimum absolute atomic E-state index is 0.103. The molecule has 24 heavy (non-hydrogen) atoms. The lowest BCUT2D eigenvalue weighted by Gasteiger charge is -2.17. The average molecular weight is 331 g/mol. The molecule has 2 aromatic rings. The van der Waals surface area contributed by atoms with Crippen molar-refractivity contribution in [1.29, 1.82) is 0 Å². The highest BCUT2D eigenvalue weighted by molar-refractivity contribution is 5.91. The number of nitrogens with zero attached hydrogens (tertiary/aromatic N) is 3. The van der Waals surface area contributed by atoms with Crippen molar-refractivity contribution in [2.24, 2.45) is 7.05 Å². The van der Waals surface area contributed by atoms with Gasteiger partial charge in [0.15, 0.2) is 5.76 Å². The molecule has 1 aliphatic rings. The lowest BCUT2D eigenvalue weighted by Crippen LogP contribution is -2.42. The van der Waals surface area contributed by atoms with Crippen LogP contribution in [0.4, 0.5) is 4.79 Å². The molecule has 0 unspecified atom stereocenters. The number of carbonyl (C=O) groups excluding carboxylic acids is 2. The largest absolute Gasteiger partial charge is 0.459 e. The summed E-state index contributed by atoms with van der Waals surface area (Å²) in [6, 6.07) is 3.15. The van der Waals surface area contributed by atoms with E-state index in [0.717, 1.165) is 13.0 Å². The van der Waals surface area contributed by atoms with Crippen molar-refractivity contribution < 1.29 is 14.0 Å². The maximum Gasteiger partial charge on any atom is 0.317 e. The number of urea groups is 1. The fraction of sp³-hybridized carbons (Fsp3) is 0.438. The van der Waals surface area contributed by atoms with E-state index in [0.29, 0.717) is 25.6 Å². The highest BCUT2D eigenvalue weighted by atomic mass is 16.3. The minimum Gasteiger partial charge on any atom is -0.459 e. The number of furan rings is 1. The van der Waals surface area contributed by atoms with Crippen LogP contribution >= 0.6 is 0 Å². The molecule has 3 rings (SSSR count). The summed E-state index contributed by atoms with van der Waals surface area (Å²) in [7, 11) is 1.89. The lowest BCUT2D eigenvalue weighted by molar-refractivity contribution is 0.0926. The van der Waals surface area contributed by atoms with Gasteiger partial charge in [-0.2, -0.15) is 5.10 Å². The van der Waals surface area contributed by atoms with E-state index >= 15 is 0 Å². The average Bonchev–Trinajstić information content (AvgIpc) is 3.30. The minimum atomic E-state index is -0.285. The summed E-state index contributed by atoms with van der Waals surface area (Å²) in [5, 5.41) is 9.69. The number of hydrogen-bond donors (Lipinski definition) is 2. The molecular weight excluding hydrogens is 310 g/mol. The number of hydrogen-bond acceptors (Lipinski definition) is 4. The Morgan fingerprint density at radius 1 is 1.38 bits per heavy atom. The third kappa shape index (κ3) is 3.76. The first kappa shape index (κ1) is 16.1. The molecule has 0 aromatic carbocycles. The summed E-state index contributed by atoms with van der Waals surface area (Å²) >= 11 is 0. The van der Waals surface area contributed by atoms with Crippen molar-refractivity contribution in [1.82, 2.24) is 25.3 Å². The van der Waals surface area contributed by atoms with Gasteiger partial charge < -0.3 is 20.0 Å². The van der Waals surface area contributed by atoms with Crippen LogP contribution in [0, 0.1) is 0 Å². The number of nitrogens with one attached hydrogen (secondary N) is 2. The van der Waals surface area contributed by atoms with E-state index in [1.54, 1.807) is 21.7 Å². The third-order valence-corrected chi connectivity index (χ3v) is 4.10. The number of rotatable bonds is 5. The summed E-state index contributed by atoms with van der Waals surface area (Å²) in [6.07, 6.45) is 6.24. The number of aromatic nitrogens is 2. The van der Waals surface area contributed by atoms with Crippen molar-refractivity contribution >= 4 is 11.9 Å². The summed E-state index contributed by atoms with van der Waals surface area (Å²) in [6.45, 7) is 2.14. The zero-order valence-corrected chi connectivity index (χ0v) is 13.6. The zero-order chi connectivity index (χ0) is 16.9. The van der Waals surface area contributed by atoms with Crippen LogP contribution in [-0.2, 0) is 7.05 Å². The zero-order valence-electron chi connectivity index (χ0n) is 13.6. The van der Waals surface area contributed by atoms with Crippen LogP contribution in [0.3, 0.4) is 0 Å². The lowest BCUT2D eigenvalue weighted by atomic mass is 10.0. The van der Waals surface area contributed by atoms with Gasteiger partial charge in [-0.05, 0) is 24.1 Å². The second kappa shape index (κ2) is 7.20. The molecule has 8 heteroatoms. The summed E-state index contributed by atoms with van der Waals surface area (Å²) in [4.78, 5) is 25.6. The van der Waals surface area contributed by atoms with Crippen molar-refractivity contribution in [3.05, 3.63) is 42.1 Å². The van der Waals surface area contributed by atoms with Gasteiger partial charge in [0.1, 0.15) is 0 Å². The van der Waals surface area contributed by atoms with Gasteiger partial charge in [-0.1, -0.05) is 0 Å². The molecule has 0 radical (unpaired) electrons. The quantitative estimate of drug-likeness (QED) is 0.798. The molecule has 1 atom stereocenters. The van der Waals surface area contributed by atoms with Crippen LogP contribution in [0.25, 0.3) is 0 Å². The van der Waals surface area contributed by atoms with Gasteiger partial charge in [0.2, 0.25) is 0 Å². The topological polar surface area (TPSA) is 92.4 Å². The Morgan fingerprint density at radius 2 is 2.21 bits per heavy atom. The van der Waals surface area contributed by atoms with Gasteiger partial charge in [0.25, 0.3) is 5.91 Å². The number of likely N-dealkylation sites (tertiary alicyclic amines) is 1. The normalized spacial score (nSPS) is 17.0. The standard InChI is InChI=1S/C16H21N5O3/c1-20-10-13(9-19-20)12-4-7-21(11-12)16(23)18-6-5-17-15(22)14-3-2-8-24-14/h2-3,8-10,12H,4-7,11H2,1H3,(H,17,22)(H,18,23)/t12-/m1/s1. The van der Waals surface area contributed by atoms with Crippen molar-refractivity contribution in [2.75, 3.05) is 26.2 Å². The Balaban J connectivity index is 1.37. The van der Waals surface area contributed by atoms with Crippen LogP contribution in [-0.4, -0.2) is 52.8 Å². The van der Waals surface area contributed by atoms with E-state index in [4.69, 9.17) is 4.42 Å². The number of carbonyl (C=O) groups is 2. The number of amides is 3. The van der Waals surface area contributed by atoms with Gasteiger partial charge in [0, 0.05) is 45.3 Å². The fourth-order valence-electron chi connectivity index (χ4n) is 2.82. The second-order valence-electron chi connectivity index (χ2n) is 5.84. The maximum absolute atomic E-state index is 12.2. The SMILES string of the molecule is Cn1cc([C@@H]2CCN(C(=O)NCCNC(=O)c3ccco3)C2)cn1. The Hall–Kier alpha value is -2.77. The van der Waals surface area contributed by atoms with E-state index in [1.165, 1.54) is 11.8 Å². The van der Waals surface area contributed by atoms with Gasteiger partial charge in [-0.3, -0.25) is 9.48 Å². The molecule has 0 bridgehead atoms. The Labute approximate surface area is 139 Å². The second-order valence-corrected chi connectivity index (χ2v) is 5.84. The first-order chi connectivity index (χ1) is 11.6. The molecule has 2 aromatic heterocycles. The number of aryl methyl sites for hydroxylation is 1. The smallest absolute Gasteiger partial charge is 0.317 e. The highest BCUT2D eigenvalue weighted by Gasteiger charge is 2.27. The fourth-order valence-corrected chi connectivity index (χ4v) is 2.82. The predicted molar refractivity (Wildman–Crippen MR) is 86.6 cm³/mol. The van der Waals surface area contributed by atoms with Crippen LogP contribution in [0.1, 0.15) is 28.5 Å². The first-order valence-electron chi connectivity index (χ1n) is 7.96. The van der Waals surface area contributed by atoms with Gasteiger partial charge in [-0.25, -0.2) is 4.79 Å². The first-order valence-corrected chi connectivity index (χ1v) is 7.96. The van der Waals surface area contributed by atoms with Gasteiger partial charge in [-0.15, -0.1) is 0 Å². The molecule has 8 nitrogen and oxygen atoms in total. The molecule has 1 fully saturated rings. The molecule has 2 N–H and O–H groups in total. The molecule has 0 spiro atoms.